The highest BCUT2D eigenvalue weighted by molar-refractivity contribution is 9.10. The third-order valence-corrected chi connectivity index (χ3v) is 3.92. The van der Waals surface area contributed by atoms with Crippen LogP contribution in [0.15, 0.2) is 9.85 Å². The molecule has 0 aliphatic rings. The largest absolute Gasteiger partial charge is 0.393 e. The van der Waals surface area contributed by atoms with Crippen molar-refractivity contribution in [3.8, 4) is 0 Å². The lowest BCUT2D eigenvalue weighted by Gasteiger charge is -2.03. The van der Waals surface area contributed by atoms with Crippen LogP contribution in [0.1, 0.15) is 16.5 Å². The molecule has 0 amide bonds. The lowest BCUT2D eigenvalue weighted by molar-refractivity contribution is 0.0978. The summed E-state index contributed by atoms with van der Waals surface area (Å²) in [6, 6.07) is 0. The van der Waals surface area contributed by atoms with E-state index in [2.05, 4.69) is 15.9 Å². The Bertz CT molecular complexity index is 247. The summed E-state index contributed by atoms with van der Waals surface area (Å²) >= 11 is 4.78. The fourth-order valence-electron chi connectivity index (χ4n) is 0.757. The quantitative estimate of drug-likeness (QED) is 0.823. The molecule has 0 fully saturated rings. The first-order valence-corrected chi connectivity index (χ1v) is 4.86. The summed E-state index contributed by atoms with van der Waals surface area (Å²) in [6.07, 6.45) is -0.747. The SMILES string of the molecule is Cc1csc(C(O)CO)c1Br. The van der Waals surface area contributed by atoms with Crippen molar-refractivity contribution >= 4 is 27.3 Å². The zero-order chi connectivity index (χ0) is 8.43. The Morgan fingerprint density at radius 1 is 1.73 bits per heavy atom. The highest BCUT2D eigenvalue weighted by Crippen LogP contribution is 2.32. The molecule has 1 unspecified atom stereocenters. The number of aryl methyl sites for hydroxylation is 1. The molecule has 4 heteroatoms. The van der Waals surface area contributed by atoms with Crippen molar-refractivity contribution in [2.75, 3.05) is 6.61 Å². The van der Waals surface area contributed by atoms with Crippen molar-refractivity contribution in [1.82, 2.24) is 0 Å². The van der Waals surface area contributed by atoms with E-state index in [4.69, 9.17) is 5.11 Å². The molecule has 0 bridgehead atoms. The molecular formula is C7H9BrO2S. The normalized spacial score (nSPS) is 13.5. The van der Waals surface area contributed by atoms with Gasteiger partial charge in [-0.25, -0.2) is 0 Å². The second-order valence-electron chi connectivity index (χ2n) is 2.30. The zero-order valence-corrected chi connectivity index (χ0v) is 8.44. The van der Waals surface area contributed by atoms with E-state index in [0.29, 0.717) is 0 Å². The Morgan fingerprint density at radius 2 is 2.36 bits per heavy atom. The average Bonchev–Trinajstić information content (AvgIpc) is 2.32. The minimum Gasteiger partial charge on any atom is -0.393 e. The van der Waals surface area contributed by atoms with Crippen LogP contribution in [0, 0.1) is 6.92 Å². The second-order valence-corrected chi connectivity index (χ2v) is 4.00. The van der Waals surface area contributed by atoms with Crippen LogP contribution in [-0.4, -0.2) is 16.8 Å². The summed E-state index contributed by atoms with van der Waals surface area (Å²) in [7, 11) is 0. The van der Waals surface area contributed by atoms with Crippen LogP contribution in [0.25, 0.3) is 0 Å². The van der Waals surface area contributed by atoms with E-state index in [0.717, 1.165) is 14.9 Å². The molecule has 1 aromatic rings. The number of hydrogen-bond donors (Lipinski definition) is 2. The van der Waals surface area contributed by atoms with Crippen LogP contribution >= 0.6 is 27.3 Å². The molecular weight excluding hydrogens is 228 g/mol. The Kier molecular flexibility index (Phi) is 3.06. The zero-order valence-electron chi connectivity index (χ0n) is 6.04. The molecule has 0 saturated carbocycles. The van der Waals surface area contributed by atoms with Crippen LogP contribution in [0.5, 0.6) is 0 Å². The van der Waals surface area contributed by atoms with Crippen LogP contribution in [0.4, 0.5) is 0 Å². The van der Waals surface area contributed by atoms with E-state index in [9.17, 15) is 5.11 Å². The van der Waals surface area contributed by atoms with E-state index >= 15 is 0 Å². The van der Waals surface area contributed by atoms with Crippen LogP contribution in [0.2, 0.25) is 0 Å². The molecule has 2 N–H and O–H groups in total. The Morgan fingerprint density at radius 3 is 2.73 bits per heavy atom. The van der Waals surface area contributed by atoms with Gasteiger partial charge in [0.05, 0.1) is 6.61 Å². The van der Waals surface area contributed by atoms with Crippen LogP contribution in [0.3, 0.4) is 0 Å². The highest BCUT2D eigenvalue weighted by Gasteiger charge is 2.13. The van der Waals surface area contributed by atoms with Gasteiger partial charge in [-0.2, -0.15) is 0 Å². The molecule has 0 radical (unpaired) electrons. The van der Waals surface area contributed by atoms with Crippen LogP contribution in [-0.2, 0) is 0 Å². The van der Waals surface area contributed by atoms with Crippen LogP contribution < -0.4 is 0 Å². The van der Waals surface area contributed by atoms with E-state index < -0.39 is 6.10 Å². The number of thiophene rings is 1. The maximum Gasteiger partial charge on any atom is 0.112 e. The maximum atomic E-state index is 9.25. The second kappa shape index (κ2) is 3.67. The molecule has 1 heterocycles. The smallest absolute Gasteiger partial charge is 0.112 e. The molecule has 0 saturated heterocycles. The van der Waals surface area contributed by atoms with E-state index in [-0.39, 0.29) is 6.61 Å². The molecule has 2 nitrogen and oxygen atoms in total. The molecule has 1 aromatic heterocycles. The summed E-state index contributed by atoms with van der Waals surface area (Å²) in [5, 5.41) is 19.9. The fraction of sp³-hybridized carbons (Fsp3) is 0.429. The van der Waals surface area contributed by atoms with Gasteiger partial charge < -0.3 is 10.2 Å². The minimum atomic E-state index is -0.747. The first kappa shape index (κ1) is 9.19. The van der Waals surface area contributed by atoms with Gasteiger partial charge in [0.2, 0.25) is 0 Å². The fourth-order valence-corrected chi connectivity index (χ4v) is 2.49. The van der Waals surface area contributed by atoms with Crippen molar-refractivity contribution in [3.63, 3.8) is 0 Å². The Balaban J connectivity index is 2.94. The van der Waals surface area contributed by atoms with E-state index in [1.165, 1.54) is 11.3 Å². The number of rotatable bonds is 2. The predicted molar refractivity (Wildman–Crippen MR) is 48.8 cm³/mol. The van der Waals surface area contributed by atoms with Crippen molar-refractivity contribution < 1.29 is 10.2 Å². The minimum absolute atomic E-state index is 0.224. The summed E-state index contributed by atoms with van der Waals surface area (Å²) < 4.78 is 0.907. The predicted octanol–water partition coefficient (Wildman–Crippen LogP) is 1.84. The molecule has 11 heavy (non-hydrogen) atoms. The average molecular weight is 237 g/mol. The van der Waals surface area contributed by atoms with Gasteiger partial charge in [-0.05, 0) is 33.8 Å². The third kappa shape index (κ3) is 1.82. The molecule has 0 spiro atoms. The van der Waals surface area contributed by atoms with Crippen molar-refractivity contribution in [2.45, 2.75) is 13.0 Å². The number of aliphatic hydroxyl groups is 2. The van der Waals surface area contributed by atoms with Crippen molar-refractivity contribution in [3.05, 3.63) is 20.3 Å². The van der Waals surface area contributed by atoms with Gasteiger partial charge in [-0.1, -0.05) is 0 Å². The molecule has 1 rings (SSSR count). The van der Waals surface area contributed by atoms with E-state index in [1.54, 1.807) is 0 Å². The molecule has 1 atom stereocenters. The molecule has 62 valence electrons. The van der Waals surface area contributed by atoms with Gasteiger partial charge in [-0.15, -0.1) is 11.3 Å². The van der Waals surface area contributed by atoms with Gasteiger partial charge in [-0.3, -0.25) is 0 Å². The number of aliphatic hydroxyl groups excluding tert-OH is 2. The maximum absolute atomic E-state index is 9.25. The third-order valence-electron chi connectivity index (χ3n) is 1.40. The van der Waals surface area contributed by atoms with E-state index in [1.807, 2.05) is 12.3 Å². The first-order valence-electron chi connectivity index (χ1n) is 3.19. The number of hydrogen-bond acceptors (Lipinski definition) is 3. The highest BCUT2D eigenvalue weighted by atomic mass is 79.9. The summed E-state index contributed by atoms with van der Waals surface area (Å²) in [4.78, 5) is 0.796. The van der Waals surface area contributed by atoms with Gasteiger partial charge in [0.25, 0.3) is 0 Å². The van der Waals surface area contributed by atoms with Gasteiger partial charge in [0.1, 0.15) is 6.10 Å². The lowest BCUT2D eigenvalue weighted by atomic mass is 10.2. The monoisotopic (exact) mass is 236 g/mol. The molecule has 0 aliphatic heterocycles. The summed E-state index contributed by atoms with van der Waals surface area (Å²) in [5.41, 5.74) is 1.09. The van der Waals surface area contributed by atoms with Gasteiger partial charge in [0, 0.05) is 9.35 Å². The Hall–Kier alpha value is 0.100. The molecule has 0 aromatic carbocycles. The standard InChI is InChI=1S/C7H9BrO2S/c1-4-3-11-7(6(4)8)5(10)2-9/h3,5,9-10H,2H2,1H3. The summed E-state index contributed by atoms with van der Waals surface area (Å²) in [6.45, 7) is 1.73. The van der Waals surface area contributed by atoms with Crippen molar-refractivity contribution in [2.24, 2.45) is 0 Å². The lowest BCUT2D eigenvalue weighted by Crippen LogP contribution is -2.00. The van der Waals surface area contributed by atoms with Crippen molar-refractivity contribution in [1.29, 1.82) is 0 Å². The van der Waals surface area contributed by atoms with Gasteiger partial charge in [0.15, 0.2) is 0 Å². The Labute approximate surface area is 77.6 Å². The molecule has 0 aliphatic carbocycles. The van der Waals surface area contributed by atoms with Gasteiger partial charge >= 0.3 is 0 Å². The first-order chi connectivity index (χ1) is 5.16. The summed E-state index contributed by atoms with van der Waals surface area (Å²) in [5.74, 6) is 0. The number of halogens is 1. The topological polar surface area (TPSA) is 40.5 Å².